The number of aromatic nitrogens is 3. The van der Waals surface area contributed by atoms with E-state index in [1.807, 2.05) is 9.58 Å². The third kappa shape index (κ3) is 2.53. The smallest absolute Gasteiger partial charge is 0.240 e. The van der Waals surface area contributed by atoms with Crippen LogP contribution in [0, 0.1) is 11.8 Å². The van der Waals surface area contributed by atoms with E-state index in [2.05, 4.69) is 15.6 Å². The Balaban J connectivity index is 1.50. The molecule has 1 saturated carbocycles. The van der Waals surface area contributed by atoms with E-state index < -0.39 is 0 Å². The predicted molar refractivity (Wildman–Crippen MR) is 81.9 cm³/mol. The van der Waals surface area contributed by atoms with Gasteiger partial charge in [-0.1, -0.05) is 24.5 Å². The van der Waals surface area contributed by atoms with Crippen molar-refractivity contribution in [2.24, 2.45) is 11.8 Å². The van der Waals surface area contributed by atoms with Crippen molar-refractivity contribution in [1.29, 1.82) is 0 Å². The second kappa shape index (κ2) is 5.99. The molecular formula is C16H25N5O. The van der Waals surface area contributed by atoms with Gasteiger partial charge in [0.25, 0.3) is 0 Å². The maximum Gasteiger partial charge on any atom is 0.240 e. The molecule has 0 aromatic carbocycles. The highest BCUT2D eigenvalue weighted by Gasteiger charge is 2.40. The van der Waals surface area contributed by atoms with Gasteiger partial charge in [-0.25, -0.2) is 4.68 Å². The summed E-state index contributed by atoms with van der Waals surface area (Å²) in [6.07, 6.45) is 9.14. The highest BCUT2D eigenvalue weighted by atomic mass is 16.2. The Hall–Kier alpha value is -1.43. The second-order valence-corrected chi connectivity index (χ2v) is 6.99. The summed E-state index contributed by atoms with van der Waals surface area (Å²) < 4.78 is 1.94. The number of carbonyl (C=O) groups excluding carboxylic acids is 1. The van der Waals surface area contributed by atoms with E-state index in [1.54, 1.807) is 6.20 Å². The summed E-state index contributed by atoms with van der Waals surface area (Å²) in [6, 6.07) is 0.0291. The van der Waals surface area contributed by atoms with Gasteiger partial charge in [-0.15, -0.1) is 5.10 Å². The Morgan fingerprint density at radius 1 is 1.18 bits per heavy atom. The molecule has 6 nitrogen and oxygen atoms in total. The summed E-state index contributed by atoms with van der Waals surface area (Å²) in [5, 5.41) is 11.6. The molecule has 1 aromatic heterocycles. The van der Waals surface area contributed by atoms with Crippen LogP contribution in [0.4, 0.5) is 0 Å². The number of aryl methyl sites for hydroxylation is 1. The first kappa shape index (κ1) is 14.2. The fraction of sp³-hybridized carbons (Fsp3) is 0.812. The third-order valence-electron chi connectivity index (χ3n) is 5.70. The number of piperidine rings is 1. The molecule has 3 heterocycles. The first-order valence-electron chi connectivity index (χ1n) is 8.72. The molecule has 1 amide bonds. The SMILES string of the molecule is O=C(C1NCCC2CCCCC21)N1CCCn2nncc2C1. The van der Waals surface area contributed by atoms with Gasteiger partial charge in [0.2, 0.25) is 5.91 Å². The zero-order valence-corrected chi connectivity index (χ0v) is 13.1. The van der Waals surface area contributed by atoms with Crippen LogP contribution < -0.4 is 5.32 Å². The summed E-state index contributed by atoms with van der Waals surface area (Å²) in [4.78, 5) is 15.1. The number of nitrogens with one attached hydrogen (secondary N) is 1. The van der Waals surface area contributed by atoms with Crippen molar-refractivity contribution in [3.63, 3.8) is 0 Å². The first-order valence-corrected chi connectivity index (χ1v) is 8.72. The van der Waals surface area contributed by atoms with Crippen molar-refractivity contribution in [2.45, 2.75) is 57.7 Å². The van der Waals surface area contributed by atoms with E-state index in [0.29, 0.717) is 18.4 Å². The van der Waals surface area contributed by atoms with Gasteiger partial charge >= 0.3 is 0 Å². The predicted octanol–water partition coefficient (Wildman–Crippen LogP) is 1.18. The highest BCUT2D eigenvalue weighted by Crippen LogP contribution is 2.37. The summed E-state index contributed by atoms with van der Waals surface area (Å²) in [5.74, 6) is 1.59. The Bertz CT molecular complexity index is 540. The fourth-order valence-corrected chi connectivity index (χ4v) is 4.54. The van der Waals surface area contributed by atoms with Gasteiger partial charge in [-0.3, -0.25) is 4.79 Å². The molecule has 22 heavy (non-hydrogen) atoms. The van der Waals surface area contributed by atoms with Crippen LogP contribution in [0.1, 0.15) is 44.2 Å². The Morgan fingerprint density at radius 2 is 2.09 bits per heavy atom. The van der Waals surface area contributed by atoms with Crippen LogP contribution in [-0.4, -0.2) is 44.9 Å². The second-order valence-electron chi connectivity index (χ2n) is 6.99. The zero-order chi connectivity index (χ0) is 14.9. The summed E-state index contributed by atoms with van der Waals surface area (Å²) in [6.45, 7) is 3.34. The molecule has 0 spiro atoms. The van der Waals surface area contributed by atoms with Crippen molar-refractivity contribution in [1.82, 2.24) is 25.2 Å². The van der Waals surface area contributed by atoms with E-state index >= 15 is 0 Å². The lowest BCUT2D eigenvalue weighted by Gasteiger charge is -2.42. The number of hydrogen-bond acceptors (Lipinski definition) is 4. The minimum atomic E-state index is 0.0291. The van der Waals surface area contributed by atoms with Gasteiger partial charge in [-0.05, 0) is 37.6 Å². The molecule has 3 unspecified atom stereocenters. The lowest BCUT2D eigenvalue weighted by Crippen LogP contribution is -2.56. The van der Waals surface area contributed by atoms with Crippen LogP contribution in [0.5, 0.6) is 0 Å². The molecule has 1 N–H and O–H groups in total. The largest absolute Gasteiger partial charge is 0.335 e. The summed E-state index contributed by atoms with van der Waals surface area (Å²) >= 11 is 0. The van der Waals surface area contributed by atoms with E-state index in [1.165, 1.54) is 32.1 Å². The molecule has 1 aliphatic carbocycles. The molecule has 1 saturated heterocycles. The van der Waals surface area contributed by atoms with Crippen LogP contribution in [0.2, 0.25) is 0 Å². The molecule has 2 fully saturated rings. The van der Waals surface area contributed by atoms with Crippen molar-refractivity contribution in [2.75, 3.05) is 13.1 Å². The number of nitrogens with zero attached hydrogens (tertiary/aromatic N) is 4. The molecule has 4 rings (SSSR count). The van der Waals surface area contributed by atoms with Crippen molar-refractivity contribution in [3.05, 3.63) is 11.9 Å². The van der Waals surface area contributed by atoms with Crippen LogP contribution in [0.25, 0.3) is 0 Å². The fourth-order valence-electron chi connectivity index (χ4n) is 4.54. The van der Waals surface area contributed by atoms with Crippen molar-refractivity contribution >= 4 is 5.91 Å². The maximum absolute atomic E-state index is 13.1. The van der Waals surface area contributed by atoms with E-state index in [0.717, 1.165) is 37.7 Å². The lowest BCUT2D eigenvalue weighted by atomic mass is 9.71. The van der Waals surface area contributed by atoms with Gasteiger partial charge in [-0.2, -0.15) is 0 Å². The minimum absolute atomic E-state index is 0.0291. The average molecular weight is 303 g/mol. The van der Waals surface area contributed by atoms with Crippen molar-refractivity contribution < 1.29 is 4.79 Å². The van der Waals surface area contributed by atoms with Gasteiger partial charge in [0.05, 0.1) is 24.5 Å². The van der Waals surface area contributed by atoms with Gasteiger partial charge in [0.1, 0.15) is 0 Å². The quantitative estimate of drug-likeness (QED) is 0.846. The normalized spacial score (nSPS) is 32.0. The Morgan fingerprint density at radius 3 is 3.05 bits per heavy atom. The number of carbonyl (C=O) groups is 1. The maximum atomic E-state index is 13.1. The van der Waals surface area contributed by atoms with Crippen molar-refractivity contribution in [3.8, 4) is 0 Å². The standard InChI is InChI=1S/C16H25N5O/c22-16(15-14-5-2-1-4-12(14)6-7-17-15)20-8-3-9-21-13(11-20)10-18-19-21/h10,12,14-15,17H,1-9,11H2. The molecule has 3 atom stereocenters. The summed E-state index contributed by atoms with van der Waals surface area (Å²) in [5.41, 5.74) is 1.06. The van der Waals surface area contributed by atoms with Gasteiger partial charge in [0.15, 0.2) is 0 Å². The molecule has 120 valence electrons. The van der Waals surface area contributed by atoms with Gasteiger partial charge in [0, 0.05) is 13.1 Å². The van der Waals surface area contributed by atoms with E-state index in [4.69, 9.17) is 0 Å². The van der Waals surface area contributed by atoms with Crippen LogP contribution in [0.15, 0.2) is 6.20 Å². The number of hydrogen-bond donors (Lipinski definition) is 1. The average Bonchev–Trinajstić information content (AvgIpc) is 2.90. The Kier molecular flexibility index (Phi) is 3.86. The summed E-state index contributed by atoms with van der Waals surface area (Å²) in [7, 11) is 0. The topological polar surface area (TPSA) is 63.1 Å². The van der Waals surface area contributed by atoms with Gasteiger partial charge < -0.3 is 10.2 Å². The molecule has 3 aliphatic rings. The van der Waals surface area contributed by atoms with E-state index in [-0.39, 0.29) is 6.04 Å². The molecule has 0 radical (unpaired) electrons. The van der Waals surface area contributed by atoms with Crippen LogP contribution in [0.3, 0.4) is 0 Å². The highest BCUT2D eigenvalue weighted by molar-refractivity contribution is 5.82. The van der Waals surface area contributed by atoms with Crippen LogP contribution >= 0.6 is 0 Å². The lowest BCUT2D eigenvalue weighted by molar-refractivity contribution is -0.137. The molecule has 6 heteroatoms. The monoisotopic (exact) mass is 303 g/mol. The van der Waals surface area contributed by atoms with E-state index in [9.17, 15) is 4.79 Å². The first-order chi connectivity index (χ1) is 10.8. The molecular weight excluding hydrogens is 278 g/mol. The third-order valence-corrected chi connectivity index (χ3v) is 5.70. The molecule has 1 aromatic rings. The Labute approximate surface area is 131 Å². The van der Waals surface area contributed by atoms with Crippen LogP contribution in [-0.2, 0) is 17.9 Å². The number of fused-ring (bicyclic) bond motifs is 2. The molecule has 2 aliphatic heterocycles. The minimum Gasteiger partial charge on any atom is -0.335 e. The number of amides is 1. The molecule has 0 bridgehead atoms. The number of rotatable bonds is 1. The zero-order valence-electron chi connectivity index (χ0n) is 13.1.